The average Bonchev–Trinajstić information content (AvgIpc) is 3.31. The maximum Gasteiger partial charge on any atom is 0.142 e. The normalized spacial score (nSPS) is 26.4. The maximum absolute atomic E-state index is 4.60. The Hall–Kier alpha value is -2.40. The van der Waals surface area contributed by atoms with Gasteiger partial charge in [-0.15, -0.1) is 0 Å². The van der Waals surface area contributed by atoms with Crippen molar-refractivity contribution in [2.75, 3.05) is 24.5 Å². The van der Waals surface area contributed by atoms with Crippen LogP contribution in [0, 0.1) is 5.92 Å². The van der Waals surface area contributed by atoms with E-state index >= 15 is 0 Å². The molecule has 2 fully saturated rings. The molecule has 0 radical (unpaired) electrons. The molecule has 1 spiro atoms. The highest BCUT2D eigenvalue weighted by Crippen LogP contribution is 2.45. The number of likely N-dealkylation sites (tertiary alicyclic amines) is 1. The highest BCUT2D eigenvalue weighted by molar-refractivity contribution is 5.87. The van der Waals surface area contributed by atoms with Crippen molar-refractivity contribution in [2.24, 2.45) is 5.92 Å². The number of aromatic nitrogens is 3. The van der Waals surface area contributed by atoms with Crippen LogP contribution in [0.15, 0.2) is 48.9 Å². The van der Waals surface area contributed by atoms with E-state index in [0.717, 1.165) is 42.4 Å². The van der Waals surface area contributed by atoms with Gasteiger partial charge in [0.2, 0.25) is 0 Å². The van der Waals surface area contributed by atoms with Gasteiger partial charge in [-0.1, -0.05) is 37.3 Å². The van der Waals surface area contributed by atoms with Gasteiger partial charge in [0.15, 0.2) is 0 Å². The fraction of sp³-hybridized carbons (Fsp3) is 0.400. The molecule has 5 rings (SSSR count). The van der Waals surface area contributed by atoms with Crippen LogP contribution in [0.25, 0.3) is 11.0 Å². The van der Waals surface area contributed by atoms with Gasteiger partial charge in [-0.05, 0) is 24.0 Å². The van der Waals surface area contributed by atoms with E-state index < -0.39 is 0 Å². The molecule has 0 aliphatic carbocycles. The third-order valence-electron chi connectivity index (χ3n) is 6.17. The second kappa shape index (κ2) is 5.56. The lowest BCUT2D eigenvalue weighted by atomic mass is 9.74. The molecule has 128 valence electrons. The highest BCUT2D eigenvalue weighted by atomic mass is 15.4. The number of H-pyrrole nitrogens is 1. The van der Waals surface area contributed by atoms with Crippen LogP contribution in [0.5, 0.6) is 0 Å². The van der Waals surface area contributed by atoms with E-state index in [2.05, 4.69) is 68.1 Å². The third kappa shape index (κ3) is 2.26. The van der Waals surface area contributed by atoms with Crippen LogP contribution in [0.2, 0.25) is 0 Å². The first-order valence-corrected chi connectivity index (χ1v) is 9.08. The minimum Gasteiger partial charge on any atom is -0.354 e. The summed E-state index contributed by atoms with van der Waals surface area (Å²) >= 11 is 0. The number of fused-ring (bicyclic) bond motifs is 1. The van der Waals surface area contributed by atoms with Crippen molar-refractivity contribution in [3.05, 3.63) is 54.5 Å². The van der Waals surface area contributed by atoms with E-state index in [1.807, 2.05) is 6.20 Å². The predicted molar refractivity (Wildman–Crippen MR) is 99.5 cm³/mol. The minimum absolute atomic E-state index is 0.281. The predicted octanol–water partition coefficient (Wildman–Crippen LogP) is 3.06. The molecule has 2 atom stereocenters. The second-order valence-electron chi connectivity index (χ2n) is 7.48. The smallest absolute Gasteiger partial charge is 0.142 e. The van der Waals surface area contributed by atoms with Crippen molar-refractivity contribution in [1.29, 1.82) is 0 Å². The first-order valence-electron chi connectivity index (χ1n) is 9.08. The van der Waals surface area contributed by atoms with E-state index in [4.69, 9.17) is 0 Å². The number of anilines is 1. The van der Waals surface area contributed by atoms with Gasteiger partial charge in [0.25, 0.3) is 0 Å². The van der Waals surface area contributed by atoms with Gasteiger partial charge < -0.3 is 9.88 Å². The van der Waals surface area contributed by atoms with E-state index in [1.54, 1.807) is 6.33 Å². The first kappa shape index (κ1) is 14.9. The Kier molecular flexibility index (Phi) is 3.31. The van der Waals surface area contributed by atoms with Crippen LogP contribution in [-0.2, 0) is 6.54 Å². The van der Waals surface area contributed by atoms with Gasteiger partial charge in [0, 0.05) is 37.9 Å². The van der Waals surface area contributed by atoms with Crippen molar-refractivity contribution >= 4 is 16.9 Å². The molecule has 0 amide bonds. The molecule has 1 aromatic carbocycles. The van der Waals surface area contributed by atoms with Crippen molar-refractivity contribution in [2.45, 2.75) is 25.4 Å². The molecule has 2 aromatic heterocycles. The van der Waals surface area contributed by atoms with Crippen LogP contribution in [0.4, 0.5) is 5.82 Å². The summed E-state index contributed by atoms with van der Waals surface area (Å²) in [5, 5.41) is 1.13. The summed E-state index contributed by atoms with van der Waals surface area (Å²) in [4.78, 5) is 17.2. The fourth-order valence-electron chi connectivity index (χ4n) is 4.68. The van der Waals surface area contributed by atoms with Gasteiger partial charge in [-0.25, -0.2) is 9.97 Å². The monoisotopic (exact) mass is 333 g/mol. The van der Waals surface area contributed by atoms with Crippen molar-refractivity contribution < 1.29 is 0 Å². The lowest BCUT2D eigenvalue weighted by molar-refractivity contribution is -0.0647. The highest BCUT2D eigenvalue weighted by Gasteiger charge is 2.54. The molecule has 0 saturated carbocycles. The Balaban J connectivity index is 1.41. The minimum atomic E-state index is 0.281. The molecule has 0 unspecified atom stereocenters. The molecule has 25 heavy (non-hydrogen) atoms. The van der Waals surface area contributed by atoms with Gasteiger partial charge in [-0.2, -0.15) is 0 Å². The Morgan fingerprint density at radius 1 is 1.20 bits per heavy atom. The number of benzene rings is 1. The van der Waals surface area contributed by atoms with Gasteiger partial charge >= 0.3 is 0 Å². The van der Waals surface area contributed by atoms with Crippen molar-refractivity contribution in [3.8, 4) is 0 Å². The van der Waals surface area contributed by atoms with E-state index in [9.17, 15) is 0 Å². The van der Waals surface area contributed by atoms with Gasteiger partial charge in [0.1, 0.15) is 17.8 Å². The Morgan fingerprint density at radius 3 is 2.92 bits per heavy atom. The summed E-state index contributed by atoms with van der Waals surface area (Å²) in [5.41, 5.74) is 2.61. The number of hydrogen-bond donors (Lipinski definition) is 1. The van der Waals surface area contributed by atoms with Crippen LogP contribution in [-0.4, -0.2) is 45.0 Å². The lowest BCUT2D eigenvalue weighted by Crippen LogP contribution is -2.66. The van der Waals surface area contributed by atoms with Crippen LogP contribution in [0.3, 0.4) is 0 Å². The second-order valence-corrected chi connectivity index (χ2v) is 7.48. The largest absolute Gasteiger partial charge is 0.354 e. The topological polar surface area (TPSA) is 48.1 Å². The molecule has 2 aliphatic heterocycles. The van der Waals surface area contributed by atoms with E-state index in [-0.39, 0.29) is 5.54 Å². The molecule has 2 saturated heterocycles. The van der Waals surface area contributed by atoms with Crippen LogP contribution < -0.4 is 4.90 Å². The number of nitrogens with one attached hydrogen (secondary N) is 1. The van der Waals surface area contributed by atoms with Gasteiger partial charge in [-0.3, -0.25) is 4.90 Å². The quantitative estimate of drug-likeness (QED) is 0.800. The molecule has 5 heteroatoms. The molecular weight excluding hydrogens is 310 g/mol. The molecule has 0 bridgehead atoms. The van der Waals surface area contributed by atoms with Crippen LogP contribution in [0.1, 0.15) is 18.9 Å². The summed E-state index contributed by atoms with van der Waals surface area (Å²) < 4.78 is 0. The number of aromatic amines is 1. The summed E-state index contributed by atoms with van der Waals surface area (Å²) in [6.07, 6.45) is 4.82. The zero-order chi connectivity index (χ0) is 16.9. The molecule has 1 N–H and O–H groups in total. The average molecular weight is 333 g/mol. The maximum atomic E-state index is 4.60. The standard InChI is InChI=1S/C20H23N5/c1-15-11-25(12-16-5-3-2-4-6-16)20(15)8-10-24(13-20)19-17-7-9-21-18(17)22-14-23-19/h2-7,9,14-15H,8,10-13H2,1H3,(H,21,22,23)/t15-,20-/m0/s1. The molecule has 2 aliphatic rings. The molecule has 5 nitrogen and oxygen atoms in total. The Labute approximate surface area is 147 Å². The summed E-state index contributed by atoms with van der Waals surface area (Å²) in [6.45, 7) is 6.75. The molecule has 3 aromatic rings. The lowest BCUT2D eigenvalue weighted by Gasteiger charge is -2.56. The van der Waals surface area contributed by atoms with E-state index in [1.165, 1.54) is 18.5 Å². The SMILES string of the molecule is C[C@H]1CN(Cc2ccccc2)[C@]12CCN(c1ncnc3[nH]ccc13)C2. The van der Waals surface area contributed by atoms with Crippen LogP contribution >= 0.6 is 0 Å². The summed E-state index contributed by atoms with van der Waals surface area (Å²) in [7, 11) is 0. The first-order chi connectivity index (χ1) is 12.3. The number of rotatable bonds is 3. The Morgan fingerprint density at radius 2 is 2.08 bits per heavy atom. The zero-order valence-electron chi connectivity index (χ0n) is 14.5. The van der Waals surface area contributed by atoms with Crippen molar-refractivity contribution in [3.63, 3.8) is 0 Å². The summed E-state index contributed by atoms with van der Waals surface area (Å²) in [5.74, 6) is 1.80. The third-order valence-corrected chi connectivity index (χ3v) is 6.17. The van der Waals surface area contributed by atoms with E-state index in [0.29, 0.717) is 0 Å². The Bertz CT molecular complexity index is 889. The molecule has 4 heterocycles. The van der Waals surface area contributed by atoms with Crippen molar-refractivity contribution in [1.82, 2.24) is 19.9 Å². The fourth-order valence-corrected chi connectivity index (χ4v) is 4.68. The number of hydrogen-bond acceptors (Lipinski definition) is 4. The van der Waals surface area contributed by atoms with Gasteiger partial charge in [0.05, 0.1) is 5.39 Å². The summed E-state index contributed by atoms with van der Waals surface area (Å²) in [6, 6.07) is 12.9. The molecular formula is C20H23N5. The zero-order valence-corrected chi connectivity index (χ0v) is 14.5. The number of nitrogens with zero attached hydrogens (tertiary/aromatic N) is 4.